The Morgan fingerprint density at radius 1 is 1.47 bits per heavy atom. The molecule has 88 valence electrons. The van der Waals surface area contributed by atoms with Gasteiger partial charge in [-0.25, -0.2) is 4.79 Å². The molecule has 0 aliphatic carbocycles. The Bertz CT molecular complexity index is 268. The maximum Gasteiger partial charge on any atom is 0.409 e. The third-order valence-electron chi connectivity index (χ3n) is 2.47. The van der Waals surface area contributed by atoms with Crippen LogP contribution in [0.2, 0.25) is 0 Å². The van der Waals surface area contributed by atoms with Gasteiger partial charge in [-0.15, -0.1) is 0 Å². The number of likely N-dealkylation sites (tertiary alicyclic amines) is 1. The van der Waals surface area contributed by atoms with Crippen LogP contribution in [0.5, 0.6) is 0 Å². The van der Waals surface area contributed by atoms with Crippen LogP contribution < -0.4 is 0 Å². The average molecular weight is 237 g/mol. The fourth-order valence-electron chi connectivity index (χ4n) is 1.60. The van der Waals surface area contributed by atoms with Crippen molar-refractivity contribution in [2.45, 2.75) is 25.4 Å². The maximum atomic E-state index is 11.3. The highest BCUT2D eigenvalue weighted by atomic mass is 31.2. The number of piperidine rings is 1. The molecule has 0 aromatic carbocycles. The van der Waals surface area contributed by atoms with E-state index in [-0.39, 0.29) is 0 Å². The van der Waals surface area contributed by atoms with Crippen LogP contribution in [0.25, 0.3) is 0 Å². The lowest BCUT2D eigenvalue weighted by atomic mass is 10.1. The first-order chi connectivity index (χ1) is 6.95. The highest BCUT2D eigenvalue weighted by molar-refractivity contribution is 7.52. The molecule has 1 fully saturated rings. The molecule has 2 N–H and O–H groups in total. The number of nitrogens with zero attached hydrogens (tertiary/aromatic N) is 1. The predicted octanol–water partition coefficient (Wildman–Crippen LogP) is 0.785. The minimum absolute atomic E-state index is 0.317. The molecule has 15 heavy (non-hydrogen) atoms. The third kappa shape index (κ3) is 3.48. The van der Waals surface area contributed by atoms with Crippen molar-refractivity contribution >= 4 is 13.7 Å². The number of hydrogen-bond donors (Lipinski definition) is 2. The fraction of sp³-hybridized carbons (Fsp3) is 0.875. The van der Waals surface area contributed by atoms with Gasteiger partial charge in [-0.3, -0.25) is 4.57 Å². The molecular weight excluding hydrogens is 221 g/mol. The Labute approximate surface area is 88.4 Å². The molecule has 0 aromatic rings. The molecule has 0 radical (unpaired) electrons. The maximum absolute atomic E-state index is 11.3. The van der Waals surface area contributed by atoms with Gasteiger partial charge in [0.2, 0.25) is 0 Å². The summed E-state index contributed by atoms with van der Waals surface area (Å²) in [4.78, 5) is 30.6. The molecule has 1 amide bonds. The van der Waals surface area contributed by atoms with Crippen LogP contribution in [0, 0.1) is 0 Å². The van der Waals surface area contributed by atoms with E-state index in [4.69, 9.17) is 14.5 Å². The van der Waals surface area contributed by atoms with E-state index < -0.39 is 19.3 Å². The molecule has 1 saturated heterocycles. The molecule has 0 atom stereocenters. The monoisotopic (exact) mass is 237 g/mol. The molecular formula is C8H16NO5P. The van der Waals surface area contributed by atoms with Crippen molar-refractivity contribution in [3.63, 3.8) is 0 Å². The topological polar surface area (TPSA) is 87.1 Å². The molecule has 7 heteroatoms. The lowest BCUT2D eigenvalue weighted by Gasteiger charge is -2.31. The van der Waals surface area contributed by atoms with E-state index in [9.17, 15) is 9.36 Å². The summed E-state index contributed by atoms with van der Waals surface area (Å²) in [6, 6.07) is 0. The third-order valence-corrected chi connectivity index (χ3v) is 3.93. The van der Waals surface area contributed by atoms with Gasteiger partial charge in [-0.2, -0.15) is 0 Å². The molecule has 0 saturated carbocycles. The van der Waals surface area contributed by atoms with Crippen LogP contribution in [-0.4, -0.2) is 46.1 Å². The second kappa shape index (κ2) is 4.96. The smallest absolute Gasteiger partial charge is 0.409 e. The van der Waals surface area contributed by atoms with E-state index in [0.29, 0.717) is 32.5 Å². The summed E-state index contributed by atoms with van der Waals surface area (Å²) >= 11 is 0. The zero-order chi connectivity index (χ0) is 11.5. The number of ether oxygens (including phenoxy) is 1. The number of amides is 1. The molecule has 1 heterocycles. The summed E-state index contributed by atoms with van der Waals surface area (Å²) in [6.45, 7) is 2.75. The van der Waals surface area contributed by atoms with Gasteiger partial charge in [0, 0.05) is 13.1 Å². The van der Waals surface area contributed by atoms with Crippen LogP contribution in [-0.2, 0) is 9.30 Å². The highest BCUT2D eigenvalue weighted by Gasteiger charge is 2.33. The first-order valence-electron chi connectivity index (χ1n) is 4.92. The van der Waals surface area contributed by atoms with Crippen LogP contribution in [0.15, 0.2) is 0 Å². The van der Waals surface area contributed by atoms with Crippen LogP contribution in [0.4, 0.5) is 4.79 Å². The van der Waals surface area contributed by atoms with Gasteiger partial charge in [-0.1, -0.05) is 0 Å². The minimum Gasteiger partial charge on any atom is -0.450 e. The Morgan fingerprint density at radius 2 is 2.00 bits per heavy atom. The second-order valence-corrected chi connectivity index (χ2v) is 5.41. The summed E-state index contributed by atoms with van der Waals surface area (Å²) in [6.07, 6.45) is 0.272. The van der Waals surface area contributed by atoms with E-state index in [1.54, 1.807) is 6.92 Å². The van der Waals surface area contributed by atoms with Crippen molar-refractivity contribution in [2.75, 3.05) is 19.7 Å². The van der Waals surface area contributed by atoms with Crippen molar-refractivity contribution in [3.8, 4) is 0 Å². The van der Waals surface area contributed by atoms with Crippen molar-refractivity contribution in [2.24, 2.45) is 0 Å². The van der Waals surface area contributed by atoms with E-state index in [1.807, 2.05) is 0 Å². The fourth-order valence-corrected chi connectivity index (χ4v) is 2.50. The zero-order valence-corrected chi connectivity index (χ0v) is 9.52. The Kier molecular flexibility index (Phi) is 4.13. The van der Waals surface area contributed by atoms with Crippen molar-refractivity contribution in [3.05, 3.63) is 0 Å². The second-order valence-electron chi connectivity index (χ2n) is 3.51. The molecule has 0 bridgehead atoms. The van der Waals surface area contributed by atoms with Gasteiger partial charge < -0.3 is 19.4 Å². The molecule has 1 rings (SSSR count). The molecule has 1 aliphatic heterocycles. The van der Waals surface area contributed by atoms with Gasteiger partial charge in [0.1, 0.15) is 0 Å². The molecule has 6 nitrogen and oxygen atoms in total. The number of hydrogen-bond acceptors (Lipinski definition) is 3. The Hall–Kier alpha value is -0.580. The highest BCUT2D eigenvalue weighted by Crippen LogP contribution is 2.45. The van der Waals surface area contributed by atoms with Gasteiger partial charge in [0.25, 0.3) is 0 Å². The number of rotatable bonds is 2. The van der Waals surface area contributed by atoms with Crippen LogP contribution in [0.3, 0.4) is 0 Å². The lowest BCUT2D eigenvalue weighted by molar-refractivity contribution is 0.0988. The van der Waals surface area contributed by atoms with Gasteiger partial charge in [0.05, 0.1) is 12.3 Å². The summed E-state index contributed by atoms with van der Waals surface area (Å²) in [5.74, 6) is 0. The summed E-state index contributed by atoms with van der Waals surface area (Å²) in [7, 11) is -3.99. The standard InChI is InChI=1S/C8H16NO5P/c1-2-14-8(10)9-5-3-7(4-6-9)15(11,12)13/h7H,2-6H2,1H3,(H2,11,12,13). The Balaban J connectivity index is 2.42. The van der Waals surface area contributed by atoms with E-state index in [1.165, 1.54) is 4.90 Å². The van der Waals surface area contributed by atoms with E-state index in [0.717, 1.165) is 0 Å². The number of carbonyl (C=O) groups excluding carboxylic acids is 1. The largest absolute Gasteiger partial charge is 0.450 e. The Morgan fingerprint density at radius 3 is 2.40 bits per heavy atom. The quantitative estimate of drug-likeness (QED) is 0.693. The normalized spacial score (nSPS) is 19.0. The SMILES string of the molecule is CCOC(=O)N1CCC(P(=O)(O)O)CC1. The van der Waals surface area contributed by atoms with Gasteiger partial charge in [0.15, 0.2) is 0 Å². The first-order valence-corrected chi connectivity index (χ1v) is 6.60. The molecule has 0 aromatic heterocycles. The van der Waals surface area contributed by atoms with Gasteiger partial charge in [-0.05, 0) is 19.8 Å². The average Bonchev–Trinajstić information content (AvgIpc) is 2.17. The van der Waals surface area contributed by atoms with Crippen molar-refractivity contribution in [1.82, 2.24) is 4.90 Å². The molecule has 0 unspecified atom stereocenters. The van der Waals surface area contributed by atoms with Crippen LogP contribution >= 0.6 is 7.60 Å². The predicted molar refractivity (Wildman–Crippen MR) is 53.7 cm³/mol. The van der Waals surface area contributed by atoms with Gasteiger partial charge >= 0.3 is 13.7 Å². The van der Waals surface area contributed by atoms with Crippen molar-refractivity contribution in [1.29, 1.82) is 0 Å². The summed E-state index contributed by atoms with van der Waals surface area (Å²) < 4.78 is 15.7. The van der Waals surface area contributed by atoms with E-state index in [2.05, 4.69) is 0 Å². The lowest BCUT2D eigenvalue weighted by Crippen LogP contribution is -2.40. The zero-order valence-electron chi connectivity index (χ0n) is 8.63. The van der Waals surface area contributed by atoms with E-state index >= 15 is 0 Å². The minimum atomic E-state index is -3.99. The van der Waals surface area contributed by atoms with Crippen molar-refractivity contribution < 1.29 is 23.9 Å². The molecule has 1 aliphatic rings. The summed E-state index contributed by atoms with van der Waals surface area (Å²) in [5, 5.41) is 0. The number of carbonyl (C=O) groups is 1. The first kappa shape index (κ1) is 12.5. The molecule has 0 spiro atoms. The summed E-state index contributed by atoms with van der Waals surface area (Å²) in [5.41, 5.74) is -0.608. The van der Waals surface area contributed by atoms with Crippen LogP contribution in [0.1, 0.15) is 19.8 Å².